The fourth-order valence-electron chi connectivity index (χ4n) is 1.77. The zero-order valence-electron chi connectivity index (χ0n) is 11.3. The summed E-state index contributed by atoms with van der Waals surface area (Å²) in [5, 5.41) is 0. The molecule has 98 valence electrons. The summed E-state index contributed by atoms with van der Waals surface area (Å²) in [5.41, 5.74) is 0.935. The molecule has 0 bridgehead atoms. The molecule has 1 aromatic heterocycles. The van der Waals surface area contributed by atoms with E-state index in [1.807, 2.05) is 54.6 Å². The Balaban J connectivity index is 2.14. The zero-order chi connectivity index (χ0) is 13.3. The van der Waals surface area contributed by atoms with Gasteiger partial charge in [0.15, 0.2) is 0 Å². The standard InChI is InChI=1S/C17H19NO/c1-2-3-10-17(14-15-9-7-8-13-18-15)19-16-11-5-4-6-12-16/h4-9,11-14H,2-3,10H2,1H3/b17-14-. The van der Waals surface area contributed by atoms with Crippen molar-refractivity contribution in [2.75, 3.05) is 0 Å². The first-order valence-corrected chi connectivity index (χ1v) is 6.73. The van der Waals surface area contributed by atoms with Gasteiger partial charge in [0.05, 0.1) is 5.69 Å². The van der Waals surface area contributed by atoms with Crippen LogP contribution in [0.4, 0.5) is 0 Å². The van der Waals surface area contributed by atoms with Crippen molar-refractivity contribution in [3.8, 4) is 5.75 Å². The van der Waals surface area contributed by atoms with Crippen molar-refractivity contribution < 1.29 is 4.74 Å². The van der Waals surface area contributed by atoms with Gasteiger partial charge in [-0.15, -0.1) is 0 Å². The average molecular weight is 253 g/mol. The molecule has 0 unspecified atom stereocenters. The minimum absolute atomic E-state index is 0.876. The number of ether oxygens (including phenoxy) is 1. The topological polar surface area (TPSA) is 22.1 Å². The third kappa shape index (κ3) is 4.59. The van der Waals surface area contributed by atoms with Crippen LogP contribution in [0.2, 0.25) is 0 Å². The number of para-hydroxylation sites is 1. The van der Waals surface area contributed by atoms with Gasteiger partial charge in [-0.2, -0.15) is 0 Å². The van der Waals surface area contributed by atoms with Crippen LogP contribution in [0.3, 0.4) is 0 Å². The van der Waals surface area contributed by atoms with Gasteiger partial charge in [0, 0.05) is 18.7 Å². The first-order chi connectivity index (χ1) is 9.38. The Bertz CT molecular complexity index is 505. The van der Waals surface area contributed by atoms with E-state index in [4.69, 9.17) is 4.74 Å². The van der Waals surface area contributed by atoms with Gasteiger partial charge in [-0.25, -0.2) is 0 Å². The van der Waals surface area contributed by atoms with E-state index in [0.29, 0.717) is 0 Å². The molecule has 0 radical (unpaired) electrons. The minimum atomic E-state index is 0.876. The maximum absolute atomic E-state index is 5.94. The molecule has 0 saturated carbocycles. The first-order valence-electron chi connectivity index (χ1n) is 6.73. The van der Waals surface area contributed by atoms with Crippen LogP contribution in [0.25, 0.3) is 6.08 Å². The minimum Gasteiger partial charge on any atom is -0.462 e. The number of hydrogen-bond donors (Lipinski definition) is 0. The Hall–Kier alpha value is -2.09. The maximum Gasteiger partial charge on any atom is 0.126 e. The zero-order valence-corrected chi connectivity index (χ0v) is 11.3. The van der Waals surface area contributed by atoms with Crippen LogP contribution >= 0.6 is 0 Å². The third-order valence-corrected chi connectivity index (χ3v) is 2.77. The van der Waals surface area contributed by atoms with Crippen LogP contribution in [0.15, 0.2) is 60.5 Å². The van der Waals surface area contributed by atoms with Crippen molar-refractivity contribution in [2.45, 2.75) is 26.2 Å². The highest BCUT2D eigenvalue weighted by molar-refractivity contribution is 5.47. The third-order valence-electron chi connectivity index (χ3n) is 2.77. The highest BCUT2D eigenvalue weighted by Gasteiger charge is 2.01. The SMILES string of the molecule is CCCC/C(=C/c1ccccn1)Oc1ccccc1. The van der Waals surface area contributed by atoms with Gasteiger partial charge in [-0.3, -0.25) is 4.98 Å². The molecule has 0 aliphatic heterocycles. The van der Waals surface area contributed by atoms with E-state index in [1.54, 1.807) is 6.20 Å². The molecule has 1 heterocycles. The molecule has 0 aliphatic carbocycles. The van der Waals surface area contributed by atoms with E-state index >= 15 is 0 Å². The Morgan fingerprint density at radius 2 is 1.89 bits per heavy atom. The second-order valence-electron chi connectivity index (χ2n) is 4.38. The van der Waals surface area contributed by atoms with E-state index < -0.39 is 0 Å². The molecule has 2 rings (SSSR count). The van der Waals surface area contributed by atoms with E-state index in [0.717, 1.165) is 36.5 Å². The van der Waals surface area contributed by atoms with Crippen LogP contribution in [0, 0.1) is 0 Å². The smallest absolute Gasteiger partial charge is 0.126 e. The van der Waals surface area contributed by atoms with Crippen molar-refractivity contribution >= 4 is 6.08 Å². The summed E-state index contributed by atoms with van der Waals surface area (Å²) in [5.74, 6) is 1.84. The average Bonchev–Trinajstić information content (AvgIpc) is 2.47. The lowest BCUT2D eigenvalue weighted by Gasteiger charge is -2.09. The maximum atomic E-state index is 5.94. The molecule has 0 fully saturated rings. The highest BCUT2D eigenvalue weighted by Crippen LogP contribution is 2.18. The second-order valence-corrected chi connectivity index (χ2v) is 4.38. The second kappa shape index (κ2) is 7.37. The summed E-state index contributed by atoms with van der Waals surface area (Å²) in [7, 11) is 0. The normalized spacial score (nSPS) is 11.3. The van der Waals surface area contributed by atoms with Gasteiger partial charge >= 0.3 is 0 Å². The number of unbranched alkanes of at least 4 members (excludes halogenated alkanes) is 1. The first kappa shape index (κ1) is 13.3. The molecule has 0 saturated heterocycles. The Labute approximate surface area is 114 Å². The largest absolute Gasteiger partial charge is 0.462 e. The van der Waals surface area contributed by atoms with Crippen molar-refractivity contribution in [3.05, 3.63) is 66.2 Å². The van der Waals surface area contributed by atoms with Gasteiger partial charge in [-0.1, -0.05) is 37.6 Å². The Kier molecular flexibility index (Phi) is 5.17. The van der Waals surface area contributed by atoms with E-state index in [9.17, 15) is 0 Å². The lowest BCUT2D eigenvalue weighted by Crippen LogP contribution is -1.96. The number of benzene rings is 1. The molecule has 0 N–H and O–H groups in total. The van der Waals surface area contributed by atoms with E-state index in [-0.39, 0.29) is 0 Å². The highest BCUT2D eigenvalue weighted by atomic mass is 16.5. The summed E-state index contributed by atoms with van der Waals surface area (Å²) in [6, 6.07) is 15.8. The number of rotatable bonds is 6. The molecule has 0 aliphatic rings. The summed E-state index contributed by atoms with van der Waals surface area (Å²) < 4.78 is 5.94. The van der Waals surface area contributed by atoms with Crippen molar-refractivity contribution in [3.63, 3.8) is 0 Å². The van der Waals surface area contributed by atoms with Crippen LogP contribution in [0.5, 0.6) is 5.75 Å². The predicted molar refractivity (Wildman–Crippen MR) is 78.8 cm³/mol. The number of pyridine rings is 1. The number of hydrogen-bond acceptors (Lipinski definition) is 2. The van der Waals surface area contributed by atoms with Crippen LogP contribution < -0.4 is 4.74 Å². The molecule has 2 heteroatoms. The van der Waals surface area contributed by atoms with Gasteiger partial charge in [-0.05, 0) is 30.7 Å². The van der Waals surface area contributed by atoms with Crippen LogP contribution in [0.1, 0.15) is 31.9 Å². The molecule has 0 amide bonds. The summed E-state index contributed by atoms with van der Waals surface area (Å²) >= 11 is 0. The van der Waals surface area contributed by atoms with Crippen LogP contribution in [-0.4, -0.2) is 4.98 Å². The van der Waals surface area contributed by atoms with E-state index in [2.05, 4.69) is 11.9 Å². The number of nitrogens with zero attached hydrogens (tertiary/aromatic N) is 1. The Morgan fingerprint density at radius 1 is 1.11 bits per heavy atom. The lowest BCUT2D eigenvalue weighted by molar-refractivity contribution is 0.403. The van der Waals surface area contributed by atoms with E-state index in [1.165, 1.54) is 0 Å². The number of aromatic nitrogens is 1. The summed E-state index contributed by atoms with van der Waals surface area (Å²) in [6.45, 7) is 2.18. The summed E-state index contributed by atoms with van der Waals surface area (Å²) in [6.07, 6.45) is 7.01. The van der Waals surface area contributed by atoms with Gasteiger partial charge in [0.25, 0.3) is 0 Å². The fourth-order valence-corrected chi connectivity index (χ4v) is 1.77. The fraction of sp³-hybridized carbons (Fsp3) is 0.235. The van der Waals surface area contributed by atoms with Crippen molar-refractivity contribution in [2.24, 2.45) is 0 Å². The molecule has 1 aromatic carbocycles. The van der Waals surface area contributed by atoms with Gasteiger partial charge in [0.2, 0.25) is 0 Å². The molecular weight excluding hydrogens is 234 g/mol. The molecular formula is C17H19NO. The molecule has 2 aromatic rings. The van der Waals surface area contributed by atoms with Gasteiger partial charge in [0.1, 0.15) is 11.5 Å². The monoisotopic (exact) mass is 253 g/mol. The molecule has 2 nitrogen and oxygen atoms in total. The van der Waals surface area contributed by atoms with Gasteiger partial charge < -0.3 is 4.74 Å². The quantitative estimate of drug-likeness (QED) is 0.697. The predicted octanol–water partition coefficient (Wildman–Crippen LogP) is 4.69. The molecule has 0 spiro atoms. The lowest BCUT2D eigenvalue weighted by atomic mass is 10.2. The van der Waals surface area contributed by atoms with Crippen molar-refractivity contribution in [1.82, 2.24) is 4.98 Å². The summed E-state index contributed by atoms with van der Waals surface area (Å²) in [4.78, 5) is 4.31. The number of allylic oxidation sites excluding steroid dienone is 1. The van der Waals surface area contributed by atoms with Crippen LogP contribution in [-0.2, 0) is 0 Å². The van der Waals surface area contributed by atoms with Crippen molar-refractivity contribution in [1.29, 1.82) is 0 Å². The Morgan fingerprint density at radius 3 is 2.58 bits per heavy atom. The molecule has 19 heavy (non-hydrogen) atoms. The molecule has 0 atom stereocenters.